The SMILES string of the molecule is CC1(C)OB([C@H]2C[C@@H]2c2ccc(C#N)c(F)c2F)OC1(C)C. The van der Waals surface area contributed by atoms with E-state index in [9.17, 15) is 8.78 Å². The molecule has 2 aliphatic rings. The van der Waals surface area contributed by atoms with Gasteiger partial charge in [0.2, 0.25) is 0 Å². The number of halogens is 2. The maximum absolute atomic E-state index is 14.1. The minimum atomic E-state index is -1.07. The van der Waals surface area contributed by atoms with Gasteiger partial charge in [0.25, 0.3) is 0 Å². The monoisotopic (exact) mass is 305 g/mol. The molecule has 1 saturated carbocycles. The molecule has 0 aromatic heterocycles. The first-order chi connectivity index (χ1) is 10.2. The normalized spacial score (nSPS) is 28.5. The summed E-state index contributed by atoms with van der Waals surface area (Å²) in [5, 5.41) is 8.73. The first-order valence-corrected chi connectivity index (χ1v) is 7.41. The fourth-order valence-electron chi connectivity index (χ4n) is 2.87. The summed E-state index contributed by atoms with van der Waals surface area (Å²) in [6.45, 7) is 7.86. The highest BCUT2D eigenvalue weighted by atomic mass is 19.2. The highest BCUT2D eigenvalue weighted by Gasteiger charge is 2.60. The van der Waals surface area contributed by atoms with Crippen molar-refractivity contribution in [2.75, 3.05) is 0 Å². The fraction of sp³-hybridized carbons (Fsp3) is 0.562. The van der Waals surface area contributed by atoms with Gasteiger partial charge in [-0.15, -0.1) is 0 Å². The number of benzene rings is 1. The van der Waals surface area contributed by atoms with Crippen LogP contribution in [0, 0.1) is 23.0 Å². The second-order valence-corrected chi connectivity index (χ2v) is 7.07. The highest BCUT2D eigenvalue weighted by Crippen LogP contribution is 2.58. The van der Waals surface area contributed by atoms with Crippen LogP contribution in [0.5, 0.6) is 0 Å². The first kappa shape index (κ1) is 15.5. The van der Waals surface area contributed by atoms with Crippen LogP contribution in [-0.4, -0.2) is 18.3 Å². The van der Waals surface area contributed by atoms with Crippen LogP contribution >= 0.6 is 0 Å². The van der Waals surface area contributed by atoms with Gasteiger partial charge < -0.3 is 9.31 Å². The van der Waals surface area contributed by atoms with Crippen LogP contribution in [0.4, 0.5) is 8.78 Å². The van der Waals surface area contributed by atoms with Crippen LogP contribution in [0.3, 0.4) is 0 Å². The van der Waals surface area contributed by atoms with Crippen molar-refractivity contribution in [1.29, 1.82) is 5.26 Å². The van der Waals surface area contributed by atoms with Crippen molar-refractivity contribution >= 4 is 7.12 Å². The van der Waals surface area contributed by atoms with E-state index in [1.807, 2.05) is 27.7 Å². The second-order valence-electron chi connectivity index (χ2n) is 7.07. The van der Waals surface area contributed by atoms with Crippen molar-refractivity contribution in [1.82, 2.24) is 0 Å². The number of rotatable bonds is 2. The van der Waals surface area contributed by atoms with E-state index in [0.717, 1.165) is 0 Å². The van der Waals surface area contributed by atoms with Gasteiger partial charge in [-0.3, -0.25) is 0 Å². The largest absolute Gasteiger partial charge is 0.461 e. The first-order valence-electron chi connectivity index (χ1n) is 7.41. The third kappa shape index (κ3) is 2.24. The molecule has 1 aliphatic heterocycles. The van der Waals surface area contributed by atoms with Gasteiger partial charge in [-0.05, 0) is 51.7 Å². The Morgan fingerprint density at radius 3 is 2.27 bits per heavy atom. The molecule has 1 aliphatic carbocycles. The molecule has 6 heteroatoms. The molecule has 22 heavy (non-hydrogen) atoms. The zero-order chi connectivity index (χ0) is 16.3. The van der Waals surface area contributed by atoms with E-state index in [1.54, 1.807) is 6.07 Å². The second kappa shape index (κ2) is 4.77. The fourth-order valence-corrected chi connectivity index (χ4v) is 2.87. The molecule has 0 spiro atoms. The Hall–Kier alpha value is -1.45. The predicted octanol–water partition coefficient (Wildman–Crippen LogP) is 3.79. The number of hydrogen-bond acceptors (Lipinski definition) is 3. The van der Waals surface area contributed by atoms with Crippen molar-refractivity contribution in [2.24, 2.45) is 0 Å². The lowest BCUT2D eigenvalue weighted by Crippen LogP contribution is -2.41. The Bertz CT molecular complexity index is 653. The summed E-state index contributed by atoms with van der Waals surface area (Å²) in [6, 6.07) is 4.47. The lowest BCUT2D eigenvalue weighted by atomic mass is 9.79. The summed E-state index contributed by atoms with van der Waals surface area (Å²) in [5.41, 5.74) is -0.830. The molecular formula is C16H18BF2NO2. The molecule has 1 saturated heterocycles. The Kier molecular flexibility index (Phi) is 3.35. The Labute approximate surface area is 129 Å². The van der Waals surface area contributed by atoms with Gasteiger partial charge in [0.1, 0.15) is 6.07 Å². The summed E-state index contributed by atoms with van der Waals surface area (Å²) in [7, 11) is -0.409. The van der Waals surface area contributed by atoms with Gasteiger partial charge in [0, 0.05) is 5.82 Å². The molecule has 0 unspecified atom stereocenters. The van der Waals surface area contributed by atoms with Crippen LogP contribution < -0.4 is 0 Å². The van der Waals surface area contributed by atoms with E-state index in [0.29, 0.717) is 12.0 Å². The van der Waals surface area contributed by atoms with E-state index in [-0.39, 0.29) is 17.3 Å². The van der Waals surface area contributed by atoms with Gasteiger partial charge in [-0.25, -0.2) is 8.78 Å². The molecule has 0 amide bonds. The Morgan fingerprint density at radius 1 is 1.14 bits per heavy atom. The van der Waals surface area contributed by atoms with Crippen molar-refractivity contribution < 1.29 is 18.1 Å². The lowest BCUT2D eigenvalue weighted by molar-refractivity contribution is 0.00578. The minimum absolute atomic E-state index is 0.0166. The maximum Gasteiger partial charge on any atom is 0.461 e. The van der Waals surface area contributed by atoms with Crippen LogP contribution in [0.1, 0.15) is 51.2 Å². The molecule has 116 valence electrons. The van der Waals surface area contributed by atoms with E-state index < -0.39 is 30.0 Å². The molecular weight excluding hydrogens is 287 g/mol. The van der Waals surface area contributed by atoms with Crippen molar-refractivity contribution in [3.05, 3.63) is 34.9 Å². The van der Waals surface area contributed by atoms with E-state index in [4.69, 9.17) is 14.6 Å². The molecule has 2 fully saturated rings. The number of nitrogens with zero attached hydrogens (tertiary/aromatic N) is 1. The highest BCUT2D eigenvalue weighted by molar-refractivity contribution is 6.49. The molecule has 3 nitrogen and oxygen atoms in total. The zero-order valence-electron chi connectivity index (χ0n) is 13.1. The van der Waals surface area contributed by atoms with Gasteiger partial charge in [0.15, 0.2) is 11.6 Å². The molecule has 0 N–H and O–H groups in total. The molecule has 3 rings (SSSR count). The molecule has 0 radical (unpaired) electrons. The van der Waals surface area contributed by atoms with Gasteiger partial charge >= 0.3 is 7.12 Å². The zero-order valence-corrected chi connectivity index (χ0v) is 13.1. The van der Waals surface area contributed by atoms with E-state index in [2.05, 4.69) is 0 Å². The summed E-state index contributed by atoms with van der Waals surface area (Å²) < 4.78 is 39.8. The molecule has 1 aromatic rings. The number of nitriles is 1. The van der Waals surface area contributed by atoms with Crippen LogP contribution in [0.15, 0.2) is 12.1 Å². The van der Waals surface area contributed by atoms with Crippen LogP contribution in [0.2, 0.25) is 5.82 Å². The average Bonchev–Trinajstić information content (AvgIpc) is 3.16. The maximum atomic E-state index is 14.1. The van der Waals surface area contributed by atoms with Gasteiger partial charge in [-0.1, -0.05) is 6.07 Å². The van der Waals surface area contributed by atoms with Crippen molar-refractivity contribution in [3.8, 4) is 6.07 Å². The minimum Gasteiger partial charge on any atom is -0.403 e. The van der Waals surface area contributed by atoms with Crippen LogP contribution in [-0.2, 0) is 9.31 Å². The average molecular weight is 305 g/mol. The molecule has 1 heterocycles. The Morgan fingerprint density at radius 2 is 1.73 bits per heavy atom. The van der Waals surface area contributed by atoms with E-state index >= 15 is 0 Å². The molecule has 1 aromatic carbocycles. The third-order valence-electron chi connectivity index (χ3n) is 5.09. The van der Waals surface area contributed by atoms with Crippen molar-refractivity contribution in [2.45, 2.75) is 57.1 Å². The van der Waals surface area contributed by atoms with Gasteiger partial charge in [0.05, 0.1) is 16.8 Å². The number of hydrogen-bond donors (Lipinski definition) is 0. The van der Waals surface area contributed by atoms with Gasteiger partial charge in [-0.2, -0.15) is 5.26 Å². The predicted molar refractivity (Wildman–Crippen MR) is 78.3 cm³/mol. The standard InChI is InChI=1S/C16H18BF2NO2/c1-15(2)16(3,4)22-17(21-15)12-7-11(12)10-6-5-9(8-20)13(18)14(10)19/h5-6,11-12H,7H2,1-4H3/t11-,12+/m1/s1. The smallest absolute Gasteiger partial charge is 0.403 e. The van der Waals surface area contributed by atoms with Crippen molar-refractivity contribution in [3.63, 3.8) is 0 Å². The third-order valence-corrected chi connectivity index (χ3v) is 5.09. The quantitative estimate of drug-likeness (QED) is 0.781. The summed E-state index contributed by atoms with van der Waals surface area (Å²) in [5.74, 6) is -2.11. The molecule has 0 bridgehead atoms. The summed E-state index contributed by atoms with van der Waals surface area (Å²) in [4.78, 5) is 0. The topological polar surface area (TPSA) is 42.2 Å². The van der Waals surface area contributed by atoms with E-state index in [1.165, 1.54) is 12.1 Å². The van der Waals surface area contributed by atoms with Crippen LogP contribution in [0.25, 0.3) is 0 Å². The lowest BCUT2D eigenvalue weighted by Gasteiger charge is -2.32. The Balaban J connectivity index is 1.79. The summed E-state index contributed by atoms with van der Waals surface area (Å²) in [6.07, 6.45) is 0.694. The summed E-state index contributed by atoms with van der Waals surface area (Å²) >= 11 is 0. The molecule has 2 atom stereocenters.